The van der Waals surface area contributed by atoms with Crippen molar-refractivity contribution in [3.05, 3.63) is 65.7 Å². The Balaban J connectivity index is 1.10. The smallest absolute Gasteiger partial charge is 0.302 e. The summed E-state index contributed by atoms with van der Waals surface area (Å²) in [5.41, 5.74) is 12.8. The molecule has 0 aromatic heterocycles. The quantitative estimate of drug-likeness (QED) is 0.0616. The molecule has 0 radical (unpaired) electrons. The van der Waals surface area contributed by atoms with Crippen LogP contribution >= 0.6 is 0 Å². The van der Waals surface area contributed by atoms with Crippen LogP contribution in [0, 0.1) is 0 Å². The number of rotatable bonds is 18. The first-order valence-electron chi connectivity index (χ1n) is 29.8. The van der Waals surface area contributed by atoms with Gasteiger partial charge in [-0.15, -0.1) is 0 Å². The van der Waals surface area contributed by atoms with Crippen molar-refractivity contribution in [1.82, 2.24) is 42.1 Å². The molecule has 24 N–H and O–H groups in total. The topological polar surface area (TPSA) is 602 Å². The molecule has 6 heterocycles. The summed E-state index contributed by atoms with van der Waals surface area (Å²) in [5.74, 6) is -9.82. The van der Waals surface area contributed by atoms with Crippen molar-refractivity contribution in [2.45, 2.75) is 173 Å². The van der Waals surface area contributed by atoms with Gasteiger partial charge in [0, 0.05) is 19.3 Å². The van der Waals surface area contributed by atoms with Gasteiger partial charge in [-0.25, -0.2) is 0 Å². The molecule has 2 aromatic rings. The molecule has 8 rings (SSSR count). The van der Waals surface area contributed by atoms with Crippen molar-refractivity contribution in [3.8, 4) is 5.75 Å². The minimum Gasteiger partial charge on any atom is -0.463 e. The number of aliphatic hydroxyl groups is 13. The van der Waals surface area contributed by atoms with Crippen LogP contribution in [0.4, 0.5) is 0 Å². The van der Waals surface area contributed by atoms with E-state index in [9.17, 15) is 90.4 Å². The molecule has 4 saturated heterocycles. The molecule has 25 atom stereocenters. The Kier molecular flexibility index (Phi) is 24.4. The number of ether oxygens (including phenoxy) is 6. The molecule has 38 nitrogen and oxygen atoms in total. The van der Waals surface area contributed by atoms with E-state index in [2.05, 4.69) is 47.2 Å². The Hall–Kier alpha value is -7.61. The van der Waals surface area contributed by atoms with E-state index in [4.69, 9.17) is 39.9 Å². The third kappa shape index (κ3) is 16.5. The fraction of sp³-hybridized carbons (Fsp3) is 0.625. The number of esters is 1. The first-order valence-corrected chi connectivity index (χ1v) is 29.8. The number of benzene rings is 2. The Morgan fingerprint density at radius 1 is 0.617 bits per heavy atom. The predicted molar refractivity (Wildman–Crippen MR) is 313 cm³/mol. The van der Waals surface area contributed by atoms with Crippen LogP contribution in [0.2, 0.25) is 0 Å². The summed E-state index contributed by atoms with van der Waals surface area (Å²) in [6, 6.07) is 0.723. The Bertz CT molecular complexity index is 3030. The second kappa shape index (κ2) is 31.8. The Labute approximate surface area is 534 Å². The van der Waals surface area contributed by atoms with Crippen LogP contribution in [-0.2, 0) is 63.7 Å². The normalized spacial score (nSPS) is 36.6. The first-order chi connectivity index (χ1) is 44.7. The van der Waals surface area contributed by atoms with E-state index in [1.54, 1.807) is 37.3 Å². The molecule has 0 bridgehead atoms. The summed E-state index contributed by atoms with van der Waals surface area (Å²) >= 11 is 0. The van der Waals surface area contributed by atoms with E-state index >= 15 is 9.59 Å². The lowest BCUT2D eigenvalue weighted by Gasteiger charge is -2.46. The molecular formula is C56H80N12O26. The fourth-order valence-corrected chi connectivity index (χ4v) is 11.4. The van der Waals surface area contributed by atoms with Gasteiger partial charge in [0.1, 0.15) is 128 Å². The van der Waals surface area contributed by atoms with Crippen LogP contribution in [0.1, 0.15) is 30.9 Å². The zero-order valence-electron chi connectivity index (χ0n) is 50.4. The molecule has 6 amide bonds. The summed E-state index contributed by atoms with van der Waals surface area (Å²) in [7, 11) is 0. The van der Waals surface area contributed by atoms with Crippen molar-refractivity contribution >= 4 is 53.3 Å². The predicted octanol–water partition coefficient (Wildman–Crippen LogP) is -13.0. The van der Waals surface area contributed by atoms with Crippen LogP contribution in [0.25, 0.3) is 0 Å². The summed E-state index contributed by atoms with van der Waals surface area (Å²) in [6.45, 7) is -2.72. The molecule has 94 heavy (non-hydrogen) atoms. The van der Waals surface area contributed by atoms with Crippen molar-refractivity contribution < 1.29 is 128 Å². The molecule has 520 valence electrons. The lowest BCUT2D eigenvalue weighted by atomic mass is 9.92. The SMILES string of the molecule is CC(=O)OC[C@H]1O[C@H](O[C@H]2[C@H](O)[C@H](O)[C@@H](Oc3ccc(C[C@H]4NC(=O)[C@H](C(C)c5ccccc5)NC(=O)CNC(=O)[C@H](CO)NC(=O)[C@@H](C(O)C5CN=C(N)N5[C@H]5O[C@H](CO)[C@@H](O)[C@H](O)[C@@H]5O)NC(=O)[C@H](C(O)C5CN=C(N)N5)NC4=O)cc3)O[C@@H]2CO)[C@@H](O)[C@@H](O)[C@@H]1O. The number of hydrogen-bond donors (Lipinski definition) is 22. The summed E-state index contributed by atoms with van der Waals surface area (Å²) < 4.78 is 33.5. The van der Waals surface area contributed by atoms with E-state index in [0.717, 1.165) is 11.8 Å². The van der Waals surface area contributed by atoms with Gasteiger partial charge in [-0.3, -0.25) is 43.5 Å². The van der Waals surface area contributed by atoms with Gasteiger partial charge in [0.2, 0.25) is 41.7 Å². The van der Waals surface area contributed by atoms with E-state index in [-0.39, 0.29) is 23.8 Å². The van der Waals surface area contributed by atoms with E-state index in [0.29, 0.717) is 5.56 Å². The number of guanidine groups is 2. The van der Waals surface area contributed by atoms with Crippen LogP contribution < -0.4 is 53.4 Å². The van der Waals surface area contributed by atoms with Crippen LogP contribution in [0.5, 0.6) is 5.75 Å². The third-order valence-corrected chi connectivity index (χ3v) is 16.8. The van der Waals surface area contributed by atoms with Crippen molar-refractivity contribution in [1.29, 1.82) is 0 Å². The highest BCUT2D eigenvalue weighted by Crippen LogP contribution is 2.33. The number of carbonyl (C=O) groups excluding carboxylic acids is 7. The lowest BCUT2D eigenvalue weighted by Crippen LogP contribution is -2.70. The van der Waals surface area contributed by atoms with Gasteiger partial charge in [-0.2, -0.15) is 0 Å². The van der Waals surface area contributed by atoms with Crippen molar-refractivity contribution in [3.63, 3.8) is 0 Å². The number of amides is 6. The van der Waals surface area contributed by atoms with Gasteiger partial charge in [0.25, 0.3) is 0 Å². The van der Waals surface area contributed by atoms with Crippen LogP contribution in [0.15, 0.2) is 64.6 Å². The average Bonchev–Trinajstić information content (AvgIpc) is 1.42. The largest absolute Gasteiger partial charge is 0.463 e. The average molecular weight is 1340 g/mol. The van der Waals surface area contributed by atoms with Crippen LogP contribution in [0.3, 0.4) is 0 Å². The number of nitrogens with two attached hydrogens (primary N) is 2. The molecule has 0 aliphatic carbocycles. The minimum atomic E-state index is -2.35. The third-order valence-electron chi connectivity index (χ3n) is 16.8. The minimum absolute atomic E-state index is 0.0862. The molecule has 4 fully saturated rings. The number of carbonyl (C=O) groups is 7. The monoisotopic (exact) mass is 1340 g/mol. The number of aliphatic hydroxyl groups excluding tert-OH is 13. The van der Waals surface area contributed by atoms with Gasteiger partial charge in [0.15, 0.2) is 24.4 Å². The van der Waals surface area contributed by atoms with E-state index in [1.807, 2.05) is 0 Å². The van der Waals surface area contributed by atoms with E-state index < -0.39 is 246 Å². The van der Waals surface area contributed by atoms with Gasteiger partial charge >= 0.3 is 5.97 Å². The maximum atomic E-state index is 15.1. The van der Waals surface area contributed by atoms with Gasteiger partial charge in [-0.1, -0.05) is 49.4 Å². The van der Waals surface area contributed by atoms with Crippen molar-refractivity contribution in [2.75, 3.05) is 46.1 Å². The molecule has 0 saturated carbocycles. The Morgan fingerprint density at radius 3 is 1.85 bits per heavy atom. The van der Waals surface area contributed by atoms with Gasteiger partial charge < -0.3 is 148 Å². The molecule has 2 aromatic carbocycles. The molecule has 6 aliphatic heterocycles. The Morgan fingerprint density at radius 2 is 1.21 bits per heavy atom. The fourth-order valence-electron chi connectivity index (χ4n) is 11.4. The first kappa shape index (κ1) is 72.2. The maximum Gasteiger partial charge on any atom is 0.302 e. The number of nitrogens with zero attached hydrogens (tertiary/aromatic N) is 3. The highest BCUT2D eigenvalue weighted by Gasteiger charge is 2.54. The second-order valence-electron chi connectivity index (χ2n) is 23.2. The van der Waals surface area contributed by atoms with Crippen LogP contribution in [-0.4, -0.2) is 317 Å². The standard InChI is InChI=1S/C56H80N12O26/c1-20(23-6-4-3-5-7-23)33-49(86)62-25(12-22-8-10-24(11-9-22)90-53-45(83)42(80)46(30(18-71)92-53)94-54-44(82)41(79)39(77)31(93-54)19-89-21(2)72)48(85)66-34(36(74)26-13-60-55(57)64-26)51(88)67-35(50(87)63-27(16-69)47(84)59-15-32(73)65-33)37(75)28-14-61-56(58)68(28)52-43(81)40(78)38(76)29(17-70)91-52/h3-11,20,25-31,33-46,52-54,69-71,74-83H,12-19H2,1-2H3,(H2,58,61)(H,59,84)(H,62,86)(H,63,87)(H,65,73)(H,66,85)(H,67,88)(H3,57,60,64)/t20?,25-,26?,27+,28?,29-,30-,31-,33+,34+,35-,36?,37?,38-,39-,40+,41+,42-,43+,44+,45+,46-,52+,53+,54-/m1/s1. The zero-order valence-corrected chi connectivity index (χ0v) is 50.4. The lowest BCUT2D eigenvalue weighted by molar-refractivity contribution is -0.352. The molecule has 38 heteroatoms. The zero-order chi connectivity index (χ0) is 68.6. The van der Waals surface area contributed by atoms with Crippen molar-refractivity contribution in [2.24, 2.45) is 21.5 Å². The number of aliphatic imine (C=N–C) groups is 2. The molecular weight excluding hydrogens is 1260 g/mol. The summed E-state index contributed by atoms with van der Waals surface area (Å²) in [6.07, 6.45) is -32.0. The maximum absolute atomic E-state index is 15.1. The highest BCUT2D eigenvalue weighted by molar-refractivity contribution is 5.98. The number of hydrogen-bond acceptors (Lipinski definition) is 32. The second-order valence-corrected chi connectivity index (χ2v) is 23.2. The molecule has 6 aliphatic rings. The summed E-state index contributed by atoms with van der Waals surface area (Å²) in [5, 5.41) is 159. The highest BCUT2D eigenvalue weighted by atomic mass is 16.7. The molecule has 5 unspecified atom stereocenters. The van der Waals surface area contributed by atoms with Gasteiger partial charge in [-0.05, 0) is 23.3 Å². The number of nitrogens with one attached hydrogen (secondary N) is 7. The summed E-state index contributed by atoms with van der Waals surface area (Å²) in [4.78, 5) is 108. The van der Waals surface area contributed by atoms with E-state index in [1.165, 1.54) is 24.3 Å². The van der Waals surface area contributed by atoms with Gasteiger partial charge in [0.05, 0.1) is 51.5 Å². The molecule has 0 spiro atoms.